The van der Waals surface area contributed by atoms with Crippen molar-refractivity contribution < 1.29 is 19.0 Å². The second-order valence-electron chi connectivity index (χ2n) is 5.00. The highest BCUT2D eigenvalue weighted by Crippen LogP contribution is 2.19. The van der Waals surface area contributed by atoms with Gasteiger partial charge in [0.1, 0.15) is 11.6 Å². The number of piperidine rings is 1. The molecular formula is C14H19F2NO2. The van der Waals surface area contributed by atoms with Crippen LogP contribution in [-0.4, -0.2) is 47.0 Å². The topological polar surface area (TPSA) is 43.7 Å². The summed E-state index contributed by atoms with van der Waals surface area (Å²) in [5.74, 6) is -1.06. The highest BCUT2D eigenvalue weighted by Gasteiger charge is 2.26. The Morgan fingerprint density at radius 1 is 1.26 bits per heavy atom. The van der Waals surface area contributed by atoms with Gasteiger partial charge in [0.15, 0.2) is 0 Å². The molecule has 0 aliphatic carbocycles. The number of aliphatic hydroxyl groups excluding tert-OH is 2. The maximum absolute atomic E-state index is 13.5. The van der Waals surface area contributed by atoms with Crippen molar-refractivity contribution in [2.75, 3.05) is 19.7 Å². The number of hydrogen-bond acceptors (Lipinski definition) is 3. The maximum Gasteiger partial charge on any atom is 0.129 e. The molecule has 0 bridgehead atoms. The molecule has 1 saturated heterocycles. The number of hydrogen-bond donors (Lipinski definition) is 2. The Labute approximate surface area is 111 Å². The minimum atomic E-state index is -0.530. The Balaban J connectivity index is 1.98. The smallest absolute Gasteiger partial charge is 0.129 e. The van der Waals surface area contributed by atoms with Crippen LogP contribution in [0.1, 0.15) is 18.4 Å². The standard InChI is InChI=1S/C14H19F2NO2/c15-13-2-1-3-14(16)12(13)5-7-17-6-4-11(19)8-10(17)9-18/h1-3,10-11,18-19H,4-9H2. The van der Waals surface area contributed by atoms with E-state index in [-0.39, 0.29) is 24.6 Å². The lowest BCUT2D eigenvalue weighted by Crippen LogP contribution is -2.47. The predicted molar refractivity (Wildman–Crippen MR) is 67.7 cm³/mol. The van der Waals surface area contributed by atoms with E-state index in [1.54, 1.807) is 0 Å². The van der Waals surface area contributed by atoms with E-state index < -0.39 is 17.7 Å². The molecule has 106 valence electrons. The van der Waals surface area contributed by atoms with Crippen molar-refractivity contribution in [3.05, 3.63) is 35.4 Å². The van der Waals surface area contributed by atoms with Crippen LogP contribution in [-0.2, 0) is 6.42 Å². The van der Waals surface area contributed by atoms with E-state index in [1.807, 2.05) is 4.90 Å². The molecule has 0 aromatic heterocycles. The summed E-state index contributed by atoms with van der Waals surface area (Å²) in [6.07, 6.45) is 1.02. The predicted octanol–water partition coefficient (Wildman–Crippen LogP) is 1.32. The Hall–Kier alpha value is -1.04. The summed E-state index contributed by atoms with van der Waals surface area (Å²) in [4.78, 5) is 1.98. The van der Waals surface area contributed by atoms with Gasteiger partial charge in [-0.3, -0.25) is 4.90 Å². The molecule has 5 heteroatoms. The van der Waals surface area contributed by atoms with Crippen molar-refractivity contribution in [2.24, 2.45) is 0 Å². The molecule has 0 amide bonds. The SMILES string of the molecule is OCC1CC(O)CCN1CCc1c(F)cccc1F. The lowest BCUT2D eigenvalue weighted by Gasteiger charge is -2.36. The van der Waals surface area contributed by atoms with Gasteiger partial charge in [-0.1, -0.05) is 6.07 Å². The van der Waals surface area contributed by atoms with Gasteiger partial charge in [-0.05, 0) is 31.4 Å². The first-order chi connectivity index (χ1) is 9.11. The quantitative estimate of drug-likeness (QED) is 0.868. The molecule has 0 radical (unpaired) electrons. The van der Waals surface area contributed by atoms with Crippen LogP contribution in [0.25, 0.3) is 0 Å². The number of halogens is 2. The van der Waals surface area contributed by atoms with Gasteiger partial charge in [0.05, 0.1) is 12.7 Å². The Kier molecular flexibility index (Phi) is 4.85. The molecule has 0 saturated carbocycles. The van der Waals surface area contributed by atoms with E-state index >= 15 is 0 Å². The molecule has 1 aromatic carbocycles. The number of rotatable bonds is 4. The third-order valence-electron chi connectivity index (χ3n) is 3.73. The summed E-state index contributed by atoms with van der Waals surface area (Å²) in [6, 6.07) is 3.73. The fourth-order valence-corrected chi connectivity index (χ4v) is 2.59. The minimum Gasteiger partial charge on any atom is -0.395 e. The van der Waals surface area contributed by atoms with Gasteiger partial charge in [0.2, 0.25) is 0 Å². The molecular weight excluding hydrogens is 252 g/mol. The van der Waals surface area contributed by atoms with E-state index in [4.69, 9.17) is 0 Å². The van der Waals surface area contributed by atoms with Gasteiger partial charge >= 0.3 is 0 Å². The van der Waals surface area contributed by atoms with Crippen molar-refractivity contribution in [2.45, 2.75) is 31.4 Å². The zero-order valence-corrected chi connectivity index (χ0v) is 10.7. The largest absolute Gasteiger partial charge is 0.395 e. The Morgan fingerprint density at radius 2 is 1.95 bits per heavy atom. The molecule has 1 fully saturated rings. The summed E-state index contributed by atoms with van der Waals surface area (Å²) in [6.45, 7) is 1.08. The van der Waals surface area contributed by atoms with Crippen LogP contribution < -0.4 is 0 Å². The lowest BCUT2D eigenvalue weighted by atomic mass is 9.99. The van der Waals surface area contributed by atoms with Crippen LogP contribution in [0.5, 0.6) is 0 Å². The maximum atomic E-state index is 13.5. The molecule has 0 spiro atoms. The van der Waals surface area contributed by atoms with E-state index in [1.165, 1.54) is 18.2 Å². The summed E-state index contributed by atoms with van der Waals surface area (Å²) >= 11 is 0. The highest BCUT2D eigenvalue weighted by molar-refractivity contribution is 5.20. The minimum absolute atomic E-state index is 0.0448. The van der Waals surface area contributed by atoms with Crippen molar-refractivity contribution in [1.29, 1.82) is 0 Å². The lowest BCUT2D eigenvalue weighted by molar-refractivity contribution is 0.0175. The van der Waals surface area contributed by atoms with E-state index in [0.29, 0.717) is 25.9 Å². The zero-order valence-electron chi connectivity index (χ0n) is 10.7. The Bertz CT molecular complexity index is 408. The monoisotopic (exact) mass is 271 g/mol. The third-order valence-corrected chi connectivity index (χ3v) is 3.73. The average Bonchev–Trinajstić information content (AvgIpc) is 2.39. The second-order valence-corrected chi connectivity index (χ2v) is 5.00. The molecule has 3 nitrogen and oxygen atoms in total. The van der Waals surface area contributed by atoms with Gasteiger partial charge in [-0.2, -0.15) is 0 Å². The first-order valence-electron chi connectivity index (χ1n) is 6.57. The van der Waals surface area contributed by atoms with Gasteiger partial charge in [0, 0.05) is 24.7 Å². The molecule has 2 atom stereocenters. The number of aliphatic hydroxyl groups is 2. The summed E-state index contributed by atoms with van der Waals surface area (Å²) in [5.41, 5.74) is 0.0883. The second kappa shape index (κ2) is 6.41. The summed E-state index contributed by atoms with van der Waals surface area (Å²) in [7, 11) is 0. The van der Waals surface area contributed by atoms with Crippen LogP contribution in [0.4, 0.5) is 8.78 Å². The van der Waals surface area contributed by atoms with Crippen LogP contribution in [0, 0.1) is 11.6 Å². The molecule has 1 aromatic rings. The van der Waals surface area contributed by atoms with E-state index in [0.717, 1.165) is 0 Å². The number of nitrogens with zero attached hydrogens (tertiary/aromatic N) is 1. The Morgan fingerprint density at radius 3 is 2.58 bits per heavy atom. The van der Waals surface area contributed by atoms with Gasteiger partial charge < -0.3 is 10.2 Å². The van der Waals surface area contributed by atoms with Crippen molar-refractivity contribution in [3.63, 3.8) is 0 Å². The van der Waals surface area contributed by atoms with Crippen LogP contribution >= 0.6 is 0 Å². The van der Waals surface area contributed by atoms with Crippen molar-refractivity contribution >= 4 is 0 Å². The van der Waals surface area contributed by atoms with Gasteiger partial charge in [-0.25, -0.2) is 8.78 Å². The number of likely N-dealkylation sites (tertiary alicyclic amines) is 1. The fraction of sp³-hybridized carbons (Fsp3) is 0.571. The molecule has 1 aliphatic heterocycles. The highest BCUT2D eigenvalue weighted by atomic mass is 19.1. The van der Waals surface area contributed by atoms with Crippen LogP contribution in [0.3, 0.4) is 0 Å². The molecule has 1 aliphatic rings. The number of benzene rings is 1. The fourth-order valence-electron chi connectivity index (χ4n) is 2.59. The summed E-state index contributed by atoms with van der Waals surface area (Å²) < 4.78 is 27.0. The summed E-state index contributed by atoms with van der Waals surface area (Å²) in [5, 5.41) is 18.8. The third kappa shape index (κ3) is 3.49. The van der Waals surface area contributed by atoms with Crippen molar-refractivity contribution in [1.82, 2.24) is 4.90 Å². The van der Waals surface area contributed by atoms with Crippen LogP contribution in [0.2, 0.25) is 0 Å². The van der Waals surface area contributed by atoms with Gasteiger partial charge in [0.25, 0.3) is 0 Å². The van der Waals surface area contributed by atoms with Crippen LogP contribution in [0.15, 0.2) is 18.2 Å². The van der Waals surface area contributed by atoms with E-state index in [2.05, 4.69) is 0 Å². The molecule has 1 heterocycles. The molecule has 2 unspecified atom stereocenters. The molecule has 2 N–H and O–H groups in total. The van der Waals surface area contributed by atoms with E-state index in [9.17, 15) is 19.0 Å². The first kappa shape index (κ1) is 14.4. The average molecular weight is 271 g/mol. The van der Waals surface area contributed by atoms with Crippen molar-refractivity contribution in [3.8, 4) is 0 Å². The zero-order chi connectivity index (χ0) is 13.8. The molecule has 19 heavy (non-hydrogen) atoms. The molecule has 2 rings (SSSR count). The first-order valence-corrected chi connectivity index (χ1v) is 6.57. The van der Waals surface area contributed by atoms with Gasteiger partial charge in [-0.15, -0.1) is 0 Å². The normalized spacial score (nSPS) is 24.6.